The molecule has 0 saturated heterocycles. The summed E-state index contributed by atoms with van der Waals surface area (Å²) in [6, 6.07) is 8.73. The van der Waals surface area contributed by atoms with Gasteiger partial charge in [-0.15, -0.1) is 0 Å². The van der Waals surface area contributed by atoms with E-state index in [4.69, 9.17) is 4.74 Å². The molecular weight excluding hydrogens is 310 g/mol. The molecule has 0 aliphatic heterocycles. The molecule has 0 amide bonds. The number of hydrogen-bond acceptors (Lipinski definition) is 3. The first-order chi connectivity index (χ1) is 12.0. The van der Waals surface area contributed by atoms with Gasteiger partial charge in [-0.2, -0.15) is 5.26 Å². The molecule has 4 rings (SSSR count). The molecule has 0 radical (unpaired) electrons. The van der Waals surface area contributed by atoms with Crippen LogP contribution >= 0.6 is 0 Å². The molecule has 0 bridgehead atoms. The maximum absolute atomic E-state index is 11.2. The zero-order valence-electron chi connectivity index (χ0n) is 15.2. The number of rotatable bonds is 3. The summed E-state index contributed by atoms with van der Waals surface area (Å²) in [5.41, 5.74) is 3.24. The molecule has 1 fully saturated rings. The van der Waals surface area contributed by atoms with Crippen LogP contribution in [0.2, 0.25) is 0 Å². The highest BCUT2D eigenvalue weighted by molar-refractivity contribution is 5.74. The Balaban J connectivity index is 1.70. The Hall–Kier alpha value is -1.79. The predicted octanol–water partition coefficient (Wildman–Crippen LogP) is 4.50. The Morgan fingerprint density at radius 2 is 2.20 bits per heavy atom. The number of nitriles is 1. The minimum atomic E-state index is -0.826. The highest BCUT2D eigenvalue weighted by Crippen LogP contribution is 2.63. The lowest BCUT2D eigenvalue weighted by molar-refractivity contribution is -0.0724. The molecule has 3 aliphatic rings. The van der Waals surface area contributed by atoms with Gasteiger partial charge in [0.2, 0.25) is 0 Å². The average molecular weight is 337 g/mol. The Kier molecular flexibility index (Phi) is 3.92. The quantitative estimate of drug-likeness (QED) is 0.884. The van der Waals surface area contributed by atoms with Crippen molar-refractivity contribution < 1.29 is 9.84 Å². The number of aliphatic hydroxyl groups is 1. The zero-order chi connectivity index (χ0) is 17.7. The minimum absolute atomic E-state index is 0.167. The predicted molar refractivity (Wildman–Crippen MR) is 98.0 cm³/mol. The summed E-state index contributed by atoms with van der Waals surface area (Å²) in [6.45, 7) is 4.92. The van der Waals surface area contributed by atoms with Crippen LogP contribution in [0, 0.1) is 28.6 Å². The van der Waals surface area contributed by atoms with E-state index in [-0.39, 0.29) is 11.8 Å². The number of aryl methyl sites for hydroxylation is 1. The third-order valence-corrected chi connectivity index (χ3v) is 7.18. The summed E-state index contributed by atoms with van der Waals surface area (Å²) < 4.78 is 5.66. The van der Waals surface area contributed by atoms with E-state index in [2.05, 4.69) is 37.3 Å². The second-order valence-corrected chi connectivity index (χ2v) is 8.19. The van der Waals surface area contributed by atoms with Crippen LogP contribution in [-0.4, -0.2) is 17.3 Å². The van der Waals surface area contributed by atoms with E-state index in [9.17, 15) is 10.4 Å². The Morgan fingerprint density at radius 1 is 1.36 bits per heavy atom. The van der Waals surface area contributed by atoms with E-state index in [0.29, 0.717) is 18.4 Å². The summed E-state index contributed by atoms with van der Waals surface area (Å²) in [7, 11) is 0. The maximum atomic E-state index is 11.2. The summed E-state index contributed by atoms with van der Waals surface area (Å²) in [5.74, 6) is 1.95. The van der Waals surface area contributed by atoms with Crippen molar-refractivity contribution in [1.29, 1.82) is 5.26 Å². The van der Waals surface area contributed by atoms with Crippen LogP contribution in [0.1, 0.15) is 57.1 Å². The fraction of sp³-hybridized carbons (Fsp3) is 0.591. The van der Waals surface area contributed by atoms with E-state index >= 15 is 0 Å². The third-order valence-electron chi connectivity index (χ3n) is 7.18. The van der Waals surface area contributed by atoms with Crippen molar-refractivity contribution in [2.45, 2.75) is 58.0 Å². The molecule has 0 unspecified atom stereocenters. The molecule has 1 saturated carbocycles. The zero-order valence-corrected chi connectivity index (χ0v) is 15.2. The normalized spacial score (nSPS) is 35.8. The second kappa shape index (κ2) is 5.88. The van der Waals surface area contributed by atoms with Gasteiger partial charge in [-0.25, -0.2) is 0 Å². The molecule has 4 atom stereocenters. The van der Waals surface area contributed by atoms with E-state index in [1.54, 1.807) is 0 Å². The Labute approximate surface area is 150 Å². The van der Waals surface area contributed by atoms with Crippen LogP contribution in [-0.2, 0) is 6.42 Å². The van der Waals surface area contributed by atoms with E-state index in [0.717, 1.165) is 37.9 Å². The number of allylic oxidation sites excluding steroid dienone is 2. The summed E-state index contributed by atoms with van der Waals surface area (Å²) >= 11 is 0. The SMILES string of the molecule is CCOc1ccc2c(c1)CC[C@@H]1C2=CC[C@@]2(C)[C@H]1CC[C@@]2(O)CC#N. The van der Waals surface area contributed by atoms with Gasteiger partial charge in [0.15, 0.2) is 0 Å². The van der Waals surface area contributed by atoms with Crippen LogP contribution in [0.4, 0.5) is 0 Å². The lowest BCUT2D eigenvalue weighted by Gasteiger charge is -2.49. The molecular formula is C22H27NO2. The van der Waals surface area contributed by atoms with Gasteiger partial charge in [0.1, 0.15) is 5.75 Å². The van der Waals surface area contributed by atoms with Crippen LogP contribution in [0.25, 0.3) is 5.57 Å². The molecule has 0 heterocycles. The molecule has 0 aromatic heterocycles. The third kappa shape index (κ3) is 2.34. The number of nitrogens with zero attached hydrogens (tertiary/aromatic N) is 1. The van der Waals surface area contributed by atoms with Gasteiger partial charge < -0.3 is 9.84 Å². The van der Waals surface area contributed by atoms with Crippen molar-refractivity contribution in [3.05, 3.63) is 35.4 Å². The summed E-state index contributed by atoms with van der Waals surface area (Å²) in [5, 5.41) is 20.4. The van der Waals surface area contributed by atoms with Crippen LogP contribution in [0.15, 0.2) is 24.3 Å². The smallest absolute Gasteiger partial charge is 0.119 e. The van der Waals surface area contributed by atoms with E-state index in [1.165, 1.54) is 16.7 Å². The first kappa shape index (κ1) is 16.7. The van der Waals surface area contributed by atoms with Crippen molar-refractivity contribution >= 4 is 5.57 Å². The van der Waals surface area contributed by atoms with Gasteiger partial charge >= 0.3 is 0 Å². The summed E-state index contributed by atoms with van der Waals surface area (Å²) in [4.78, 5) is 0. The molecule has 3 nitrogen and oxygen atoms in total. The highest BCUT2D eigenvalue weighted by atomic mass is 16.5. The number of ether oxygens (including phenoxy) is 1. The second-order valence-electron chi connectivity index (χ2n) is 8.19. The monoisotopic (exact) mass is 337 g/mol. The standard InChI is InChI=1S/C22H27NO2/c1-3-25-16-5-7-17-15(14-16)4-6-19-18(17)8-10-21(2)20(19)9-11-22(21,24)12-13-23/h5,7-8,14,19-20,24H,3-4,6,9-12H2,1-2H3/t19-,20+,21+,22-/m1/s1. The number of fused-ring (bicyclic) bond motifs is 5. The molecule has 3 aliphatic carbocycles. The lowest BCUT2D eigenvalue weighted by atomic mass is 9.57. The van der Waals surface area contributed by atoms with Gasteiger partial charge in [-0.1, -0.05) is 19.1 Å². The molecule has 25 heavy (non-hydrogen) atoms. The van der Waals surface area contributed by atoms with Crippen molar-refractivity contribution in [3.63, 3.8) is 0 Å². The minimum Gasteiger partial charge on any atom is -0.494 e. The van der Waals surface area contributed by atoms with Crippen LogP contribution in [0.3, 0.4) is 0 Å². The van der Waals surface area contributed by atoms with Crippen molar-refractivity contribution in [3.8, 4) is 11.8 Å². The van der Waals surface area contributed by atoms with Gasteiger partial charge in [-0.05, 0) is 79.7 Å². The Morgan fingerprint density at radius 3 is 2.96 bits per heavy atom. The fourth-order valence-corrected chi connectivity index (χ4v) is 5.73. The fourth-order valence-electron chi connectivity index (χ4n) is 5.73. The topological polar surface area (TPSA) is 53.2 Å². The van der Waals surface area contributed by atoms with Crippen molar-refractivity contribution in [2.75, 3.05) is 6.61 Å². The number of benzene rings is 1. The maximum Gasteiger partial charge on any atom is 0.119 e. The van der Waals surface area contributed by atoms with Gasteiger partial charge in [0.25, 0.3) is 0 Å². The van der Waals surface area contributed by atoms with Gasteiger partial charge in [0.05, 0.1) is 24.7 Å². The van der Waals surface area contributed by atoms with Gasteiger partial charge in [0, 0.05) is 5.41 Å². The van der Waals surface area contributed by atoms with Crippen molar-refractivity contribution in [1.82, 2.24) is 0 Å². The first-order valence-corrected chi connectivity index (χ1v) is 9.58. The summed E-state index contributed by atoms with van der Waals surface area (Å²) in [6.07, 6.45) is 7.48. The largest absolute Gasteiger partial charge is 0.494 e. The lowest BCUT2D eigenvalue weighted by Crippen LogP contribution is -2.48. The van der Waals surface area contributed by atoms with Gasteiger partial charge in [-0.3, -0.25) is 0 Å². The highest BCUT2D eigenvalue weighted by Gasteiger charge is 2.59. The average Bonchev–Trinajstić information content (AvgIpc) is 2.86. The molecule has 0 spiro atoms. The molecule has 1 aromatic rings. The molecule has 1 aromatic carbocycles. The molecule has 3 heteroatoms. The van der Waals surface area contributed by atoms with E-state index in [1.807, 2.05) is 6.92 Å². The van der Waals surface area contributed by atoms with Crippen LogP contribution < -0.4 is 4.74 Å². The van der Waals surface area contributed by atoms with E-state index < -0.39 is 5.60 Å². The number of hydrogen-bond donors (Lipinski definition) is 1. The Bertz CT molecular complexity index is 762. The molecule has 1 N–H and O–H groups in total. The van der Waals surface area contributed by atoms with Crippen molar-refractivity contribution in [2.24, 2.45) is 17.3 Å². The molecule has 132 valence electrons. The van der Waals surface area contributed by atoms with Crippen LogP contribution in [0.5, 0.6) is 5.75 Å². The first-order valence-electron chi connectivity index (χ1n) is 9.58.